The maximum Gasteiger partial charge on any atom is 0.318 e. The van der Waals surface area contributed by atoms with E-state index in [1.165, 1.54) is 5.57 Å². The number of hydrogen-bond donors (Lipinski definition) is 2. The molecule has 0 unspecified atom stereocenters. The molecule has 3 heterocycles. The van der Waals surface area contributed by atoms with Crippen molar-refractivity contribution in [3.05, 3.63) is 65.1 Å². The Bertz CT molecular complexity index is 1080. The van der Waals surface area contributed by atoms with E-state index in [0.717, 1.165) is 41.4 Å². The van der Waals surface area contributed by atoms with Crippen LogP contribution in [0.4, 0.5) is 10.6 Å². The Balaban J connectivity index is 1.50. The normalized spacial score (nSPS) is 17.8. The van der Waals surface area contributed by atoms with Crippen molar-refractivity contribution < 1.29 is 4.79 Å². The van der Waals surface area contributed by atoms with Crippen molar-refractivity contribution in [1.29, 1.82) is 0 Å². The van der Waals surface area contributed by atoms with Crippen LogP contribution in [-0.2, 0) is 6.42 Å². The fourth-order valence-corrected chi connectivity index (χ4v) is 4.48. The van der Waals surface area contributed by atoms with Gasteiger partial charge in [0.2, 0.25) is 0 Å². The summed E-state index contributed by atoms with van der Waals surface area (Å²) >= 11 is 0. The summed E-state index contributed by atoms with van der Waals surface area (Å²) < 4.78 is 0. The topological polar surface area (TPSA) is 85.8 Å². The Labute approximate surface area is 195 Å². The van der Waals surface area contributed by atoms with Crippen LogP contribution in [0.3, 0.4) is 0 Å². The second-order valence-corrected chi connectivity index (χ2v) is 9.32. The Hall–Kier alpha value is -3.26. The molecule has 174 valence electrons. The maximum absolute atomic E-state index is 13.5. The van der Waals surface area contributed by atoms with Crippen LogP contribution >= 0.6 is 0 Å². The van der Waals surface area contributed by atoms with Crippen molar-refractivity contribution in [2.24, 2.45) is 4.99 Å². The van der Waals surface area contributed by atoms with E-state index < -0.39 is 5.54 Å². The average Bonchev–Trinajstić information content (AvgIpc) is 3.31. The molecule has 2 aliphatic rings. The van der Waals surface area contributed by atoms with Gasteiger partial charge in [-0.1, -0.05) is 37.3 Å². The standard InChI is InChI=1S/C25H33N7O/c1-6-18-12-22(28-16-27-18)30-23-19-14-32(25(2,3)20(19)13-26-23)24(33)29-21(15-31(4)5)17-10-8-7-9-11-17/h7-12,16,21H,6,13-15H2,1-5H3,(H,29,33)(H,26,27,28,30)/t21-/m1/s1. The van der Waals surface area contributed by atoms with Crippen LogP contribution in [0.1, 0.15) is 38.1 Å². The Morgan fingerprint density at radius 1 is 1.21 bits per heavy atom. The van der Waals surface area contributed by atoms with Crippen LogP contribution in [0.15, 0.2) is 58.9 Å². The zero-order chi connectivity index (χ0) is 23.6. The number of rotatable bonds is 6. The van der Waals surface area contributed by atoms with Crippen LogP contribution in [0.25, 0.3) is 0 Å². The molecule has 0 bridgehead atoms. The molecule has 0 saturated heterocycles. The third-order valence-electron chi connectivity index (χ3n) is 6.40. The highest BCUT2D eigenvalue weighted by Crippen LogP contribution is 2.38. The van der Waals surface area contributed by atoms with Crippen LogP contribution in [-0.4, -0.2) is 70.9 Å². The maximum atomic E-state index is 13.5. The number of aliphatic imine (C=N–C) groups is 1. The SMILES string of the molecule is CCc1cc(NC2=NCC3=C2CN(C(=O)N[C@H](CN(C)C)c2ccccc2)C3(C)C)ncn1. The zero-order valence-corrected chi connectivity index (χ0v) is 20.1. The molecule has 0 spiro atoms. The number of nitrogens with zero attached hydrogens (tertiary/aromatic N) is 5. The first-order valence-electron chi connectivity index (χ1n) is 11.4. The second kappa shape index (κ2) is 9.31. The van der Waals surface area contributed by atoms with E-state index >= 15 is 0 Å². The molecule has 8 heteroatoms. The van der Waals surface area contributed by atoms with Gasteiger partial charge in [0.15, 0.2) is 0 Å². The summed E-state index contributed by atoms with van der Waals surface area (Å²) in [5.74, 6) is 1.52. The fourth-order valence-electron chi connectivity index (χ4n) is 4.48. The van der Waals surface area contributed by atoms with Crippen LogP contribution in [0.2, 0.25) is 0 Å². The summed E-state index contributed by atoms with van der Waals surface area (Å²) in [4.78, 5) is 30.8. The molecule has 1 aromatic heterocycles. The van der Waals surface area contributed by atoms with Gasteiger partial charge in [0.05, 0.1) is 24.7 Å². The predicted octanol–water partition coefficient (Wildman–Crippen LogP) is 3.27. The lowest BCUT2D eigenvalue weighted by molar-refractivity contribution is 0.165. The quantitative estimate of drug-likeness (QED) is 0.710. The van der Waals surface area contributed by atoms with Crippen LogP contribution < -0.4 is 10.6 Å². The smallest absolute Gasteiger partial charge is 0.318 e. The van der Waals surface area contributed by atoms with Gasteiger partial charge in [-0.15, -0.1) is 0 Å². The molecule has 2 aromatic rings. The first kappa shape index (κ1) is 22.9. The summed E-state index contributed by atoms with van der Waals surface area (Å²) in [5, 5.41) is 6.62. The van der Waals surface area contributed by atoms with Gasteiger partial charge in [-0.3, -0.25) is 4.99 Å². The minimum Gasteiger partial charge on any atom is -0.330 e. The highest BCUT2D eigenvalue weighted by atomic mass is 16.2. The first-order valence-corrected chi connectivity index (χ1v) is 11.4. The molecule has 4 rings (SSSR count). The van der Waals surface area contributed by atoms with Crippen molar-refractivity contribution in [1.82, 2.24) is 25.1 Å². The van der Waals surface area contributed by atoms with Gasteiger partial charge < -0.3 is 20.4 Å². The second-order valence-electron chi connectivity index (χ2n) is 9.32. The van der Waals surface area contributed by atoms with Gasteiger partial charge in [-0.25, -0.2) is 14.8 Å². The van der Waals surface area contributed by atoms with Crippen molar-refractivity contribution in [3.63, 3.8) is 0 Å². The van der Waals surface area contributed by atoms with Gasteiger partial charge in [0.25, 0.3) is 0 Å². The number of amides is 2. The molecule has 0 radical (unpaired) electrons. The number of anilines is 1. The molecule has 1 aromatic carbocycles. The summed E-state index contributed by atoms with van der Waals surface area (Å²) in [7, 11) is 4.03. The molecule has 0 aliphatic carbocycles. The minimum atomic E-state index is -0.425. The molecule has 2 amide bonds. The van der Waals surface area contributed by atoms with E-state index in [1.807, 2.05) is 43.3 Å². The Morgan fingerprint density at radius 3 is 2.67 bits per heavy atom. The van der Waals surface area contributed by atoms with E-state index in [9.17, 15) is 4.79 Å². The fraction of sp³-hybridized carbons (Fsp3) is 0.440. The number of nitrogens with one attached hydrogen (secondary N) is 2. The van der Waals surface area contributed by atoms with E-state index in [0.29, 0.717) is 13.1 Å². The summed E-state index contributed by atoms with van der Waals surface area (Å²) in [6, 6.07) is 11.9. The number of benzene rings is 1. The van der Waals surface area contributed by atoms with E-state index in [1.54, 1.807) is 6.33 Å². The third-order valence-corrected chi connectivity index (χ3v) is 6.40. The van der Waals surface area contributed by atoms with Gasteiger partial charge in [0.1, 0.15) is 18.0 Å². The van der Waals surface area contributed by atoms with Crippen LogP contribution in [0.5, 0.6) is 0 Å². The first-order chi connectivity index (χ1) is 15.8. The van der Waals surface area contributed by atoms with Crippen LogP contribution in [0, 0.1) is 0 Å². The number of urea groups is 1. The van der Waals surface area contributed by atoms with Crippen molar-refractivity contribution >= 4 is 17.7 Å². The molecule has 0 fully saturated rings. The molecule has 1 atom stereocenters. The summed E-state index contributed by atoms with van der Waals surface area (Å²) in [5.41, 5.74) is 3.90. The average molecular weight is 448 g/mol. The van der Waals surface area contributed by atoms with Gasteiger partial charge >= 0.3 is 6.03 Å². The van der Waals surface area contributed by atoms with Crippen molar-refractivity contribution in [2.75, 3.05) is 39.0 Å². The summed E-state index contributed by atoms with van der Waals surface area (Å²) in [6.07, 6.45) is 2.41. The number of hydrogen-bond acceptors (Lipinski definition) is 6. The minimum absolute atomic E-state index is 0.0697. The lowest BCUT2D eigenvalue weighted by Crippen LogP contribution is -2.52. The number of carbonyl (C=O) groups excluding carboxylic acids is 1. The largest absolute Gasteiger partial charge is 0.330 e. The van der Waals surface area contributed by atoms with Crippen molar-refractivity contribution in [3.8, 4) is 0 Å². The number of amidine groups is 1. The molecular weight excluding hydrogens is 414 g/mol. The molecule has 8 nitrogen and oxygen atoms in total. The number of likely N-dealkylation sites (N-methyl/N-ethyl adjacent to an activating group) is 1. The molecular formula is C25H33N7O. The van der Waals surface area contributed by atoms with E-state index in [-0.39, 0.29) is 12.1 Å². The van der Waals surface area contributed by atoms with E-state index in [4.69, 9.17) is 4.99 Å². The highest BCUT2D eigenvalue weighted by molar-refractivity contribution is 6.11. The highest BCUT2D eigenvalue weighted by Gasteiger charge is 2.45. The Kier molecular flexibility index (Phi) is 6.47. The monoisotopic (exact) mass is 447 g/mol. The zero-order valence-electron chi connectivity index (χ0n) is 20.1. The molecule has 2 aliphatic heterocycles. The molecule has 0 saturated carbocycles. The number of aryl methyl sites for hydroxylation is 1. The number of carbonyl (C=O) groups is 1. The van der Waals surface area contributed by atoms with E-state index in [2.05, 4.69) is 58.4 Å². The van der Waals surface area contributed by atoms with Gasteiger partial charge in [-0.2, -0.15) is 0 Å². The number of aromatic nitrogens is 2. The van der Waals surface area contributed by atoms with Gasteiger partial charge in [0, 0.05) is 23.9 Å². The predicted molar refractivity (Wildman–Crippen MR) is 131 cm³/mol. The van der Waals surface area contributed by atoms with Crippen molar-refractivity contribution in [2.45, 2.75) is 38.8 Å². The van der Waals surface area contributed by atoms with Gasteiger partial charge in [-0.05, 0) is 45.5 Å². The third kappa shape index (κ3) is 4.75. The lowest BCUT2D eigenvalue weighted by atomic mass is 9.94. The lowest BCUT2D eigenvalue weighted by Gasteiger charge is -2.36. The molecule has 2 N–H and O–H groups in total. The Morgan fingerprint density at radius 2 is 1.97 bits per heavy atom. The molecule has 33 heavy (non-hydrogen) atoms. The summed E-state index contributed by atoms with van der Waals surface area (Å²) in [6.45, 7) is 8.07.